The fourth-order valence-electron chi connectivity index (χ4n) is 4.14. The highest BCUT2D eigenvalue weighted by atomic mass is 16.6. The van der Waals surface area contributed by atoms with Crippen LogP contribution in [0.25, 0.3) is 10.9 Å². The molecule has 204 valence electrons. The number of rotatable bonds is 13. The number of oxime groups is 1. The second-order valence-electron chi connectivity index (χ2n) is 9.41. The molecule has 0 fully saturated rings. The van der Waals surface area contributed by atoms with Crippen LogP contribution < -0.4 is 10.6 Å². The number of hydrogen-bond acceptors (Lipinski definition) is 7. The quantitative estimate of drug-likeness (QED) is 0.172. The first-order valence-electron chi connectivity index (χ1n) is 12.5. The third-order valence-electron chi connectivity index (χ3n) is 6.07. The van der Waals surface area contributed by atoms with E-state index in [-0.39, 0.29) is 24.0 Å². The molecule has 0 bridgehead atoms. The van der Waals surface area contributed by atoms with Crippen LogP contribution in [0.1, 0.15) is 26.3 Å². The van der Waals surface area contributed by atoms with Gasteiger partial charge < -0.3 is 35.4 Å². The first-order valence-corrected chi connectivity index (χ1v) is 12.5. The summed E-state index contributed by atoms with van der Waals surface area (Å²) in [7, 11) is 1.46. The molecule has 0 spiro atoms. The van der Waals surface area contributed by atoms with Crippen LogP contribution >= 0.6 is 0 Å². The van der Waals surface area contributed by atoms with Gasteiger partial charge in [0.25, 0.3) is 5.91 Å². The third kappa shape index (κ3) is 7.64. The van der Waals surface area contributed by atoms with Crippen molar-refractivity contribution in [2.24, 2.45) is 11.1 Å². The lowest BCUT2D eigenvalue weighted by Crippen LogP contribution is -2.46. The van der Waals surface area contributed by atoms with Gasteiger partial charge in [0.05, 0.1) is 6.10 Å². The van der Waals surface area contributed by atoms with E-state index >= 15 is 0 Å². The molecule has 0 aliphatic heterocycles. The summed E-state index contributed by atoms with van der Waals surface area (Å²) in [5.41, 5.74) is 2.47. The molecule has 2 amide bonds. The summed E-state index contributed by atoms with van der Waals surface area (Å²) in [6.45, 7) is 4.64. The van der Waals surface area contributed by atoms with Gasteiger partial charge in [0, 0.05) is 36.3 Å². The van der Waals surface area contributed by atoms with Crippen LogP contribution in [-0.2, 0) is 25.6 Å². The number of nitrogens with one attached hydrogen (secondary N) is 3. The number of ether oxygens (including phenoxy) is 1. The molecule has 0 aliphatic rings. The monoisotopic (exact) mass is 524 g/mol. The van der Waals surface area contributed by atoms with Crippen LogP contribution in [0.2, 0.25) is 0 Å². The van der Waals surface area contributed by atoms with Gasteiger partial charge in [-0.2, -0.15) is 0 Å². The summed E-state index contributed by atoms with van der Waals surface area (Å²) < 4.78 is 5.41. The molecule has 1 heterocycles. The van der Waals surface area contributed by atoms with Crippen LogP contribution in [0.15, 0.2) is 65.9 Å². The molecular weight excluding hydrogens is 488 g/mol. The number of anilines is 1. The van der Waals surface area contributed by atoms with Crippen molar-refractivity contribution in [2.45, 2.75) is 51.5 Å². The first-order chi connectivity index (χ1) is 18.2. The molecular formula is C28H36N4O6. The van der Waals surface area contributed by atoms with Crippen molar-refractivity contribution in [3.05, 3.63) is 66.4 Å². The maximum Gasteiger partial charge on any atom is 0.261 e. The van der Waals surface area contributed by atoms with Crippen molar-refractivity contribution in [2.75, 3.05) is 19.0 Å². The standard InChI is InChI=1S/C28H36N4O6/c1-17(2)27(37-4)25(26(35)18(3)33)32-38-16-24(34)31-23(28(36)30-20-10-6-5-7-11-20)14-19-15-29-22-13-9-8-12-21(19)22/h5-13,15,17-18,23,26-27,29,33,35H,14,16H2,1-4H3,(H,30,36)(H,31,34)/b32-25+/t18?,23-,26?,27-/m0/s1. The molecule has 10 nitrogen and oxygen atoms in total. The number of para-hydroxylation sites is 2. The number of benzene rings is 2. The molecule has 4 atom stereocenters. The summed E-state index contributed by atoms with van der Waals surface area (Å²) in [6.07, 6.45) is -1.03. The maximum absolute atomic E-state index is 13.2. The van der Waals surface area contributed by atoms with E-state index in [0.717, 1.165) is 16.5 Å². The molecule has 0 saturated carbocycles. The Hall–Kier alpha value is -3.73. The van der Waals surface area contributed by atoms with E-state index in [1.165, 1.54) is 14.0 Å². The lowest BCUT2D eigenvalue weighted by atomic mass is 9.96. The fraction of sp³-hybridized carbons (Fsp3) is 0.393. The van der Waals surface area contributed by atoms with E-state index in [1.54, 1.807) is 24.3 Å². The predicted molar refractivity (Wildman–Crippen MR) is 146 cm³/mol. The summed E-state index contributed by atoms with van der Waals surface area (Å²) in [5, 5.41) is 30.7. The lowest BCUT2D eigenvalue weighted by Gasteiger charge is -2.25. The summed E-state index contributed by atoms with van der Waals surface area (Å²) in [4.78, 5) is 34.4. The normalized spacial score (nSPS) is 15.1. The molecule has 38 heavy (non-hydrogen) atoms. The minimum absolute atomic E-state index is 0.0717. The number of carbonyl (C=O) groups is 2. The number of aromatic nitrogens is 1. The average Bonchev–Trinajstić information content (AvgIpc) is 3.30. The predicted octanol–water partition coefficient (Wildman–Crippen LogP) is 2.62. The summed E-state index contributed by atoms with van der Waals surface area (Å²) in [6, 6.07) is 15.8. The Kier molecular flexibility index (Phi) is 10.4. The van der Waals surface area contributed by atoms with Gasteiger partial charge in [-0.25, -0.2) is 0 Å². The molecule has 0 saturated heterocycles. The van der Waals surface area contributed by atoms with Gasteiger partial charge in [-0.15, -0.1) is 0 Å². The Morgan fingerprint density at radius 2 is 1.71 bits per heavy atom. The van der Waals surface area contributed by atoms with Crippen LogP contribution in [0.4, 0.5) is 5.69 Å². The zero-order valence-electron chi connectivity index (χ0n) is 22.0. The Morgan fingerprint density at radius 3 is 2.37 bits per heavy atom. The fourth-order valence-corrected chi connectivity index (χ4v) is 4.14. The Labute approximate surface area is 222 Å². The van der Waals surface area contributed by atoms with Gasteiger partial charge in [0.1, 0.15) is 24.0 Å². The number of fused-ring (bicyclic) bond motifs is 1. The molecule has 10 heteroatoms. The van der Waals surface area contributed by atoms with Crippen molar-refractivity contribution in [1.82, 2.24) is 10.3 Å². The number of aromatic amines is 1. The zero-order chi connectivity index (χ0) is 27.7. The number of carbonyl (C=O) groups excluding carboxylic acids is 2. The third-order valence-corrected chi connectivity index (χ3v) is 6.07. The highest BCUT2D eigenvalue weighted by molar-refractivity contribution is 5.98. The summed E-state index contributed by atoms with van der Waals surface area (Å²) >= 11 is 0. The van der Waals surface area contributed by atoms with Crippen molar-refractivity contribution in [3.8, 4) is 0 Å². The van der Waals surface area contributed by atoms with E-state index < -0.39 is 36.9 Å². The maximum atomic E-state index is 13.2. The minimum Gasteiger partial charge on any atom is -0.390 e. The topological polar surface area (TPSA) is 145 Å². The number of methoxy groups -OCH3 is 1. The van der Waals surface area contributed by atoms with Gasteiger partial charge in [0.15, 0.2) is 6.61 Å². The summed E-state index contributed by atoms with van der Waals surface area (Å²) in [5.74, 6) is -1.04. The highest BCUT2D eigenvalue weighted by Gasteiger charge is 2.30. The highest BCUT2D eigenvalue weighted by Crippen LogP contribution is 2.20. The van der Waals surface area contributed by atoms with Crippen LogP contribution in [0.5, 0.6) is 0 Å². The van der Waals surface area contributed by atoms with Crippen LogP contribution in [-0.4, -0.2) is 70.8 Å². The Bertz CT molecular complexity index is 1220. The van der Waals surface area contributed by atoms with Crippen molar-refractivity contribution < 1.29 is 29.4 Å². The molecule has 0 aliphatic carbocycles. The van der Waals surface area contributed by atoms with Crippen molar-refractivity contribution in [3.63, 3.8) is 0 Å². The number of nitrogens with zero attached hydrogens (tertiary/aromatic N) is 1. The molecule has 1 aromatic heterocycles. The second kappa shape index (κ2) is 13.7. The van der Waals surface area contributed by atoms with Gasteiger partial charge in [-0.3, -0.25) is 9.59 Å². The molecule has 5 N–H and O–H groups in total. The minimum atomic E-state index is -1.34. The first kappa shape index (κ1) is 28.8. The molecule has 3 aromatic rings. The van der Waals surface area contributed by atoms with Gasteiger partial charge >= 0.3 is 0 Å². The zero-order valence-corrected chi connectivity index (χ0v) is 22.0. The van der Waals surface area contributed by atoms with E-state index in [4.69, 9.17) is 9.57 Å². The molecule has 2 unspecified atom stereocenters. The van der Waals surface area contributed by atoms with Gasteiger partial charge in [-0.1, -0.05) is 55.4 Å². The SMILES string of the molecule is CO[C@H](/C(=N/OCC(=O)N[C@@H](Cc1c[nH]c2ccccc12)C(=O)Nc1ccccc1)C(O)C(C)O)C(C)C. The Morgan fingerprint density at radius 1 is 1.03 bits per heavy atom. The second-order valence-corrected chi connectivity index (χ2v) is 9.41. The Balaban J connectivity index is 1.75. The largest absolute Gasteiger partial charge is 0.390 e. The molecule has 2 aromatic carbocycles. The smallest absolute Gasteiger partial charge is 0.261 e. The lowest BCUT2D eigenvalue weighted by molar-refractivity contribution is -0.129. The van der Waals surface area contributed by atoms with E-state index in [9.17, 15) is 19.8 Å². The van der Waals surface area contributed by atoms with Crippen molar-refractivity contribution >= 4 is 34.1 Å². The number of aliphatic hydroxyl groups excluding tert-OH is 2. The number of hydrogen-bond donors (Lipinski definition) is 5. The van der Waals surface area contributed by atoms with E-state index in [0.29, 0.717) is 5.69 Å². The van der Waals surface area contributed by atoms with Gasteiger partial charge in [0.2, 0.25) is 5.91 Å². The number of H-pyrrole nitrogens is 1. The molecule has 3 rings (SSSR count). The van der Waals surface area contributed by atoms with Gasteiger partial charge in [-0.05, 0) is 36.6 Å². The van der Waals surface area contributed by atoms with E-state index in [2.05, 4.69) is 20.8 Å². The number of amides is 2. The van der Waals surface area contributed by atoms with Crippen molar-refractivity contribution in [1.29, 1.82) is 0 Å². The van der Waals surface area contributed by atoms with E-state index in [1.807, 2.05) is 50.4 Å². The number of aliphatic hydroxyl groups is 2. The average molecular weight is 525 g/mol. The molecule has 0 radical (unpaired) electrons. The van der Waals surface area contributed by atoms with Crippen LogP contribution in [0, 0.1) is 5.92 Å². The van der Waals surface area contributed by atoms with Crippen LogP contribution in [0.3, 0.4) is 0 Å².